The summed E-state index contributed by atoms with van der Waals surface area (Å²) in [5, 5.41) is 8.96. The highest BCUT2D eigenvalue weighted by Crippen LogP contribution is 2.43. The number of halogens is 6. The number of nitrogens with two attached hydrogens (primary N) is 1. The summed E-state index contributed by atoms with van der Waals surface area (Å²) in [5.74, 6) is 0. The number of primary sulfonamides is 1. The molecule has 1 aromatic heterocycles. The maximum absolute atomic E-state index is 13.8. The number of hydrogen-bond acceptors (Lipinski definition) is 3. The molecule has 0 saturated heterocycles. The van der Waals surface area contributed by atoms with Gasteiger partial charge >= 0.3 is 6.18 Å². The second-order valence-corrected chi connectivity index (χ2v) is 8.39. The van der Waals surface area contributed by atoms with Crippen LogP contribution in [0.1, 0.15) is 5.56 Å². The summed E-state index contributed by atoms with van der Waals surface area (Å²) in [7, 11) is -4.58. The van der Waals surface area contributed by atoms with Gasteiger partial charge in [-0.2, -0.15) is 18.3 Å². The number of alkyl halides is 3. The van der Waals surface area contributed by atoms with E-state index in [1.165, 1.54) is 30.6 Å². The molecule has 0 aliphatic heterocycles. The lowest BCUT2D eigenvalue weighted by Crippen LogP contribution is -2.20. The minimum Gasteiger partial charge on any atom is -0.239 e. The fourth-order valence-electron chi connectivity index (χ4n) is 2.64. The van der Waals surface area contributed by atoms with E-state index in [2.05, 4.69) is 5.10 Å². The number of sulfonamides is 1. The van der Waals surface area contributed by atoms with E-state index in [9.17, 15) is 21.6 Å². The molecule has 12 heteroatoms. The maximum Gasteiger partial charge on any atom is 0.418 e. The zero-order valence-electron chi connectivity index (χ0n) is 13.5. The minimum atomic E-state index is -4.93. The maximum atomic E-state index is 13.8. The van der Waals surface area contributed by atoms with Crippen LogP contribution in [-0.4, -0.2) is 18.2 Å². The summed E-state index contributed by atoms with van der Waals surface area (Å²) in [6.07, 6.45) is -2.56. The van der Waals surface area contributed by atoms with Crippen molar-refractivity contribution in [2.45, 2.75) is 11.1 Å². The number of rotatable bonds is 3. The van der Waals surface area contributed by atoms with Crippen LogP contribution >= 0.6 is 34.8 Å². The van der Waals surface area contributed by atoms with Crippen LogP contribution in [0.3, 0.4) is 0 Å². The molecule has 3 aromatic rings. The van der Waals surface area contributed by atoms with E-state index in [0.29, 0.717) is 0 Å². The Morgan fingerprint density at radius 2 is 1.64 bits per heavy atom. The van der Waals surface area contributed by atoms with Gasteiger partial charge in [-0.3, -0.25) is 0 Å². The summed E-state index contributed by atoms with van der Waals surface area (Å²) in [5.41, 5.74) is -2.22. The van der Waals surface area contributed by atoms with Crippen LogP contribution in [0.25, 0.3) is 16.8 Å². The van der Waals surface area contributed by atoms with Crippen molar-refractivity contribution < 1.29 is 21.6 Å². The smallest absolute Gasteiger partial charge is 0.239 e. The van der Waals surface area contributed by atoms with E-state index in [1.54, 1.807) is 0 Å². The molecule has 0 amide bonds. The average Bonchev–Trinajstić information content (AvgIpc) is 3.05. The normalized spacial score (nSPS) is 12.4. The van der Waals surface area contributed by atoms with Gasteiger partial charge in [0.25, 0.3) is 0 Å². The van der Waals surface area contributed by atoms with Crippen molar-refractivity contribution in [3.63, 3.8) is 0 Å². The van der Waals surface area contributed by atoms with Crippen molar-refractivity contribution in [3.8, 4) is 16.8 Å². The molecule has 5 nitrogen and oxygen atoms in total. The summed E-state index contributed by atoms with van der Waals surface area (Å²) in [4.78, 5) is -0.789. The Kier molecular flexibility index (Phi) is 5.41. The van der Waals surface area contributed by atoms with Gasteiger partial charge in [0.2, 0.25) is 10.0 Å². The fourth-order valence-corrected chi connectivity index (χ4v) is 4.44. The van der Waals surface area contributed by atoms with Gasteiger partial charge in [-0.15, -0.1) is 0 Å². The Morgan fingerprint density at radius 1 is 1.04 bits per heavy atom. The monoisotopic (exact) mass is 469 g/mol. The molecule has 0 unspecified atom stereocenters. The molecule has 1 heterocycles. The van der Waals surface area contributed by atoms with Gasteiger partial charge in [-0.05, 0) is 35.9 Å². The lowest BCUT2D eigenvalue weighted by molar-refractivity contribution is -0.137. The first-order valence-corrected chi connectivity index (χ1v) is 10.0. The first-order valence-electron chi connectivity index (χ1n) is 7.32. The first-order chi connectivity index (χ1) is 12.9. The fraction of sp³-hybridized carbons (Fsp3) is 0.0625. The van der Waals surface area contributed by atoms with Crippen LogP contribution in [0.15, 0.2) is 47.6 Å². The standard InChI is InChI=1S/C16H9Cl3F3N3O2S/c17-9-6-11(18)14(12(19)7-9)8-4-10(16(20,21)22)15(25-3-1-2-24-25)13(5-8)28(23,26)27/h1-7H,(H2,23,26,27). The van der Waals surface area contributed by atoms with Crippen LogP contribution < -0.4 is 5.14 Å². The highest BCUT2D eigenvalue weighted by Gasteiger charge is 2.38. The van der Waals surface area contributed by atoms with Crippen LogP contribution in [0.2, 0.25) is 15.1 Å². The SMILES string of the molecule is NS(=O)(=O)c1cc(-c2c(Cl)cc(Cl)cc2Cl)cc(C(F)(F)F)c1-n1cccn1. The number of hydrogen-bond donors (Lipinski definition) is 1. The molecule has 0 atom stereocenters. The van der Waals surface area contributed by atoms with Gasteiger partial charge in [-0.25, -0.2) is 18.2 Å². The number of aromatic nitrogens is 2. The van der Waals surface area contributed by atoms with Crippen LogP contribution in [0.4, 0.5) is 13.2 Å². The van der Waals surface area contributed by atoms with Crippen molar-refractivity contribution in [2.75, 3.05) is 0 Å². The Labute approximate surface area is 172 Å². The topological polar surface area (TPSA) is 78.0 Å². The van der Waals surface area contributed by atoms with E-state index in [4.69, 9.17) is 39.9 Å². The molecular formula is C16H9Cl3F3N3O2S. The third-order valence-electron chi connectivity index (χ3n) is 3.72. The Hall–Kier alpha value is -1.78. The summed E-state index contributed by atoms with van der Waals surface area (Å²) in [6, 6.07) is 5.58. The summed E-state index contributed by atoms with van der Waals surface area (Å²) < 4.78 is 66.4. The quantitative estimate of drug-likeness (QED) is 0.574. The zero-order chi connectivity index (χ0) is 20.9. The molecule has 0 saturated carbocycles. The Balaban J connectivity index is 2.47. The molecule has 2 N–H and O–H groups in total. The van der Waals surface area contributed by atoms with Crippen molar-refractivity contribution in [1.82, 2.24) is 9.78 Å². The summed E-state index contributed by atoms with van der Waals surface area (Å²) in [6.45, 7) is 0. The van der Waals surface area contributed by atoms with Crippen molar-refractivity contribution in [3.05, 3.63) is 63.4 Å². The van der Waals surface area contributed by atoms with Gasteiger partial charge in [0, 0.05) is 23.0 Å². The van der Waals surface area contributed by atoms with Gasteiger partial charge in [0.1, 0.15) is 4.90 Å². The third kappa shape index (κ3) is 3.99. The van der Waals surface area contributed by atoms with Gasteiger partial charge < -0.3 is 0 Å². The second-order valence-electron chi connectivity index (χ2n) is 5.61. The largest absolute Gasteiger partial charge is 0.418 e. The molecule has 3 rings (SSSR count). The molecule has 0 spiro atoms. The van der Waals surface area contributed by atoms with Gasteiger partial charge in [0.15, 0.2) is 0 Å². The molecule has 0 aliphatic rings. The van der Waals surface area contributed by atoms with Crippen LogP contribution in [0, 0.1) is 0 Å². The van der Waals surface area contributed by atoms with E-state index >= 15 is 0 Å². The number of benzene rings is 2. The lowest BCUT2D eigenvalue weighted by Gasteiger charge is -2.19. The van der Waals surface area contributed by atoms with Crippen LogP contribution in [0.5, 0.6) is 0 Å². The highest BCUT2D eigenvalue weighted by molar-refractivity contribution is 7.89. The molecule has 0 fully saturated rings. The highest BCUT2D eigenvalue weighted by atomic mass is 35.5. The molecule has 0 radical (unpaired) electrons. The predicted octanol–water partition coefficient (Wildman–Crippen LogP) is 5.17. The first kappa shape index (κ1) is 20.9. The Bertz CT molecular complexity index is 1140. The number of nitrogens with zero attached hydrogens (tertiary/aromatic N) is 2. The lowest BCUT2D eigenvalue weighted by atomic mass is 10.0. The van der Waals surface area contributed by atoms with E-state index < -0.39 is 32.3 Å². The van der Waals surface area contributed by atoms with E-state index in [-0.39, 0.29) is 26.2 Å². The van der Waals surface area contributed by atoms with Gasteiger partial charge in [-0.1, -0.05) is 34.8 Å². The molecule has 0 aliphatic carbocycles. The molecular weight excluding hydrogens is 462 g/mol. The second kappa shape index (κ2) is 7.23. The summed E-state index contributed by atoms with van der Waals surface area (Å²) >= 11 is 18.0. The molecule has 2 aromatic carbocycles. The molecule has 148 valence electrons. The van der Waals surface area contributed by atoms with Crippen molar-refractivity contribution >= 4 is 44.8 Å². The van der Waals surface area contributed by atoms with E-state index in [1.807, 2.05) is 0 Å². The zero-order valence-corrected chi connectivity index (χ0v) is 16.6. The average molecular weight is 471 g/mol. The van der Waals surface area contributed by atoms with E-state index in [0.717, 1.165) is 16.8 Å². The van der Waals surface area contributed by atoms with Crippen LogP contribution in [-0.2, 0) is 16.2 Å². The van der Waals surface area contributed by atoms with Gasteiger partial charge in [0.05, 0.1) is 21.3 Å². The van der Waals surface area contributed by atoms with Crippen molar-refractivity contribution in [1.29, 1.82) is 0 Å². The molecule has 28 heavy (non-hydrogen) atoms. The third-order valence-corrected chi connectivity index (χ3v) is 5.45. The predicted molar refractivity (Wildman–Crippen MR) is 100 cm³/mol. The molecule has 0 bridgehead atoms. The van der Waals surface area contributed by atoms with Crippen molar-refractivity contribution in [2.24, 2.45) is 5.14 Å². The Morgan fingerprint density at radius 3 is 2.11 bits per heavy atom. The minimum absolute atomic E-state index is 0.0184.